The number of aromatic amines is 1. The van der Waals surface area contributed by atoms with E-state index in [1.165, 1.54) is 12.1 Å². The second-order valence-corrected chi connectivity index (χ2v) is 9.36. The summed E-state index contributed by atoms with van der Waals surface area (Å²) >= 11 is 5.93. The molecule has 1 fully saturated rings. The molecule has 178 valence electrons. The molecule has 2 aliphatic rings. The number of fused-ring (bicyclic) bond motifs is 4. The van der Waals surface area contributed by atoms with Crippen LogP contribution in [0.2, 0.25) is 5.28 Å². The lowest BCUT2D eigenvalue weighted by Crippen LogP contribution is -2.50. The molecule has 0 unspecified atom stereocenters. The summed E-state index contributed by atoms with van der Waals surface area (Å²) in [4.78, 5) is 20.1. The number of nitrogens with zero attached hydrogens (tertiary/aromatic N) is 5. The first-order valence-electron chi connectivity index (χ1n) is 11.4. The molecule has 4 aromatic rings. The zero-order valence-electron chi connectivity index (χ0n) is 18.8. The molecule has 0 saturated carbocycles. The minimum Gasteiger partial charge on any atom is -0.327 e. The average Bonchev–Trinajstić information content (AvgIpc) is 3.40. The Labute approximate surface area is 204 Å². The summed E-state index contributed by atoms with van der Waals surface area (Å²) < 4.78 is 29.7. The third kappa shape index (κ3) is 3.61. The molecule has 6 rings (SSSR count). The van der Waals surface area contributed by atoms with Crippen LogP contribution in [-0.4, -0.2) is 41.8 Å². The van der Waals surface area contributed by atoms with Crippen molar-refractivity contribution in [2.45, 2.75) is 37.8 Å². The van der Waals surface area contributed by atoms with Crippen LogP contribution in [0.25, 0.3) is 22.6 Å². The fourth-order valence-corrected chi connectivity index (χ4v) is 5.69. The molecule has 1 N–H and O–H groups in total. The van der Waals surface area contributed by atoms with Crippen LogP contribution < -0.4 is 0 Å². The quantitative estimate of drug-likeness (QED) is 0.430. The van der Waals surface area contributed by atoms with Crippen LogP contribution in [0.3, 0.4) is 0 Å². The number of aromatic nitrogens is 5. The number of amides is 1. The first-order chi connectivity index (χ1) is 16.9. The normalized spacial score (nSPS) is 19.0. The lowest BCUT2D eigenvalue weighted by atomic mass is 9.81. The van der Waals surface area contributed by atoms with Crippen molar-refractivity contribution in [3.63, 3.8) is 0 Å². The van der Waals surface area contributed by atoms with E-state index >= 15 is 0 Å². The van der Waals surface area contributed by atoms with Gasteiger partial charge >= 0.3 is 0 Å². The number of benzene rings is 2. The van der Waals surface area contributed by atoms with Gasteiger partial charge in [0.2, 0.25) is 5.28 Å². The number of H-pyrrole nitrogens is 1. The van der Waals surface area contributed by atoms with Gasteiger partial charge in [-0.15, -0.1) is 0 Å². The molecule has 35 heavy (non-hydrogen) atoms. The van der Waals surface area contributed by atoms with Crippen LogP contribution in [0.1, 0.15) is 46.9 Å². The Balaban J connectivity index is 1.43. The van der Waals surface area contributed by atoms with Crippen molar-refractivity contribution < 1.29 is 13.6 Å². The predicted molar refractivity (Wildman–Crippen MR) is 126 cm³/mol. The topological polar surface area (TPSA) is 79.7 Å². The molecule has 0 aliphatic carbocycles. The molecule has 2 atom stereocenters. The van der Waals surface area contributed by atoms with E-state index in [4.69, 9.17) is 16.7 Å². The van der Waals surface area contributed by atoms with Gasteiger partial charge in [-0.1, -0.05) is 18.2 Å². The van der Waals surface area contributed by atoms with E-state index in [2.05, 4.69) is 15.2 Å². The number of aryl methyl sites for hydroxylation is 1. The first-order valence-corrected chi connectivity index (χ1v) is 11.8. The molecule has 1 saturated heterocycles. The largest absolute Gasteiger partial charge is 0.327 e. The van der Waals surface area contributed by atoms with Gasteiger partial charge in [0, 0.05) is 35.8 Å². The molecule has 10 heteroatoms. The van der Waals surface area contributed by atoms with E-state index in [9.17, 15) is 13.6 Å². The fraction of sp³-hybridized carbons (Fsp3) is 0.280. The monoisotopic (exact) mass is 494 g/mol. The lowest BCUT2D eigenvalue weighted by molar-refractivity contribution is 0.0392. The Hall–Kier alpha value is -3.59. The zero-order chi connectivity index (χ0) is 24.3. The molecular formula is C25H21ClF2N6O. The van der Waals surface area contributed by atoms with Crippen molar-refractivity contribution >= 4 is 17.5 Å². The molecule has 1 amide bonds. The molecule has 4 heterocycles. The molecule has 0 spiro atoms. The Bertz CT molecular complexity index is 1440. The summed E-state index contributed by atoms with van der Waals surface area (Å²) in [7, 11) is 1.77. The third-order valence-electron chi connectivity index (χ3n) is 6.90. The van der Waals surface area contributed by atoms with E-state index in [-0.39, 0.29) is 23.3 Å². The van der Waals surface area contributed by atoms with E-state index in [0.29, 0.717) is 34.6 Å². The van der Waals surface area contributed by atoms with Gasteiger partial charge in [0.1, 0.15) is 11.6 Å². The van der Waals surface area contributed by atoms with E-state index in [1.54, 1.807) is 23.9 Å². The maximum atomic E-state index is 14.0. The van der Waals surface area contributed by atoms with Gasteiger partial charge in [-0.2, -0.15) is 15.2 Å². The maximum Gasteiger partial charge on any atom is 0.255 e. The van der Waals surface area contributed by atoms with Crippen LogP contribution in [-0.2, 0) is 13.5 Å². The second-order valence-electron chi connectivity index (χ2n) is 9.01. The number of rotatable bonds is 3. The summed E-state index contributed by atoms with van der Waals surface area (Å²) in [5, 5.41) is 11.6. The Morgan fingerprint density at radius 1 is 1.14 bits per heavy atom. The minimum absolute atomic E-state index is 0.0566. The summed E-state index contributed by atoms with van der Waals surface area (Å²) in [5.41, 5.74) is 3.97. The Morgan fingerprint density at radius 3 is 2.66 bits per heavy atom. The van der Waals surface area contributed by atoms with Gasteiger partial charge in [0.25, 0.3) is 5.91 Å². The van der Waals surface area contributed by atoms with E-state index in [1.807, 2.05) is 17.0 Å². The number of halogens is 3. The summed E-state index contributed by atoms with van der Waals surface area (Å²) in [6.45, 7) is 0. The number of hydrogen-bond acceptors (Lipinski definition) is 4. The highest BCUT2D eigenvalue weighted by Crippen LogP contribution is 2.45. The van der Waals surface area contributed by atoms with Crippen molar-refractivity contribution in [2.24, 2.45) is 7.05 Å². The predicted octanol–water partition coefficient (Wildman–Crippen LogP) is 5.10. The lowest BCUT2D eigenvalue weighted by Gasteiger charge is -2.45. The molecule has 7 nitrogen and oxygen atoms in total. The summed E-state index contributed by atoms with van der Waals surface area (Å²) in [5.74, 6) is -1.03. The van der Waals surface area contributed by atoms with Crippen molar-refractivity contribution in [2.75, 3.05) is 0 Å². The van der Waals surface area contributed by atoms with Crippen molar-refractivity contribution in [1.82, 2.24) is 29.9 Å². The SMILES string of the molecule is Cn1nc2c(c1-c1cc(F)cc(F)c1)C[C@@H]1CCC[C@H]2N1C(=O)c1ccccc1-c1n[nH]c(Cl)n1. The number of carbonyl (C=O) groups is 1. The smallest absolute Gasteiger partial charge is 0.255 e. The van der Waals surface area contributed by atoms with E-state index in [0.717, 1.165) is 36.6 Å². The minimum atomic E-state index is -0.633. The van der Waals surface area contributed by atoms with Crippen molar-refractivity contribution in [1.29, 1.82) is 0 Å². The van der Waals surface area contributed by atoms with Crippen LogP contribution in [0.4, 0.5) is 8.78 Å². The van der Waals surface area contributed by atoms with Crippen LogP contribution in [0, 0.1) is 11.6 Å². The summed E-state index contributed by atoms with van der Waals surface area (Å²) in [6.07, 6.45) is 3.13. The van der Waals surface area contributed by atoms with Crippen molar-refractivity contribution in [3.05, 3.63) is 76.2 Å². The Morgan fingerprint density at radius 2 is 1.91 bits per heavy atom. The number of carbonyl (C=O) groups excluding carboxylic acids is 1. The molecule has 2 aromatic heterocycles. The maximum absolute atomic E-state index is 14.0. The Kier molecular flexibility index (Phi) is 5.17. The highest BCUT2D eigenvalue weighted by Gasteiger charge is 2.44. The number of piperidine rings is 1. The third-order valence-corrected chi connectivity index (χ3v) is 7.07. The van der Waals surface area contributed by atoms with Crippen LogP contribution in [0.15, 0.2) is 42.5 Å². The number of nitrogens with one attached hydrogen (secondary N) is 1. The highest BCUT2D eigenvalue weighted by molar-refractivity contribution is 6.28. The summed E-state index contributed by atoms with van der Waals surface area (Å²) in [6, 6.07) is 10.4. The second kappa shape index (κ2) is 8.27. The van der Waals surface area contributed by atoms with Gasteiger partial charge in [-0.25, -0.2) is 13.9 Å². The fourth-order valence-electron chi connectivity index (χ4n) is 5.57. The van der Waals surface area contributed by atoms with Crippen LogP contribution >= 0.6 is 11.6 Å². The van der Waals surface area contributed by atoms with Gasteiger partial charge in [0.15, 0.2) is 5.82 Å². The van der Waals surface area contributed by atoms with Gasteiger partial charge in [-0.05, 0) is 55.5 Å². The number of hydrogen-bond donors (Lipinski definition) is 1. The van der Waals surface area contributed by atoms with E-state index < -0.39 is 11.6 Å². The standard InChI is InChI=1S/C25H21ClF2N6O/c1-33-22(13-9-14(27)11-15(28)10-13)19-12-16-5-4-8-20(21(19)32-33)34(16)24(35)18-7-3-2-6-17(18)23-29-25(26)31-30-23/h2-3,6-7,9-11,16,20H,4-5,8,12H2,1H3,(H,29,30,31)/t16-,20+/m0/s1. The molecule has 2 aromatic carbocycles. The molecule has 2 bridgehead atoms. The van der Waals surface area contributed by atoms with Gasteiger partial charge in [0.05, 0.1) is 23.0 Å². The molecule has 2 aliphatic heterocycles. The molecule has 0 radical (unpaired) electrons. The first kappa shape index (κ1) is 21.9. The van der Waals surface area contributed by atoms with Crippen molar-refractivity contribution in [3.8, 4) is 22.6 Å². The van der Waals surface area contributed by atoms with Crippen LogP contribution in [0.5, 0.6) is 0 Å². The van der Waals surface area contributed by atoms with Gasteiger partial charge in [-0.3, -0.25) is 9.48 Å². The highest BCUT2D eigenvalue weighted by atomic mass is 35.5. The van der Waals surface area contributed by atoms with Gasteiger partial charge < -0.3 is 4.90 Å². The zero-order valence-corrected chi connectivity index (χ0v) is 19.6. The average molecular weight is 495 g/mol. The molecular weight excluding hydrogens is 474 g/mol.